The van der Waals surface area contributed by atoms with Crippen molar-refractivity contribution in [3.8, 4) is 0 Å². The fourth-order valence-electron chi connectivity index (χ4n) is 10.3. The summed E-state index contributed by atoms with van der Waals surface area (Å²) in [5, 5.41) is 5.61. The summed E-state index contributed by atoms with van der Waals surface area (Å²) in [5.41, 5.74) is 8.42. The average molecular weight is 779 g/mol. The third-order valence-electron chi connectivity index (χ3n) is 12.7. The fraction of sp³-hybridized carbons (Fsp3) is 0.224. The average Bonchev–Trinajstić information content (AvgIpc) is 3.58. The standard InChI is InChI=1S/C49H46N8S/c1-7-36-37(8-2)52-44-43(50-36)51-38-25-17-15-23-34(38)49(48(5,6)29-55(44)32-19-11-9-12-20-32)31(4)47-56(33-21-13-10-14-22-33)45-46(57(47)41-26-18-16-24-35(41)49)53-39-27-30(3)42(58)28-40(39)54-45/h7-28,31,47,58H,29H2,1-6H3,(H,50,51)/b36-7+,37-8+. The zero-order valence-electron chi connectivity index (χ0n) is 33.6. The van der Waals surface area contributed by atoms with Crippen molar-refractivity contribution in [1.29, 1.82) is 0 Å². The number of nitrogens with one attached hydrogen (secondary N) is 1. The van der Waals surface area contributed by atoms with Gasteiger partial charge in [-0.05, 0) is 91.4 Å². The van der Waals surface area contributed by atoms with Gasteiger partial charge in [-0.2, -0.15) is 0 Å². The molecule has 1 spiro atoms. The van der Waals surface area contributed by atoms with Crippen LogP contribution in [0.2, 0.25) is 0 Å². The van der Waals surface area contributed by atoms with Crippen LogP contribution in [-0.4, -0.2) is 32.6 Å². The van der Waals surface area contributed by atoms with Crippen molar-refractivity contribution in [2.24, 2.45) is 11.3 Å². The Labute approximate surface area is 345 Å². The highest BCUT2D eigenvalue weighted by Crippen LogP contribution is 2.65. The lowest BCUT2D eigenvalue weighted by atomic mass is 9.50. The zero-order valence-corrected chi connectivity index (χ0v) is 34.5. The first-order chi connectivity index (χ1) is 28.2. The van der Waals surface area contributed by atoms with E-state index in [4.69, 9.17) is 32.6 Å². The molecule has 0 bridgehead atoms. The largest absolute Gasteiger partial charge is 0.337 e. The molecule has 3 aliphatic rings. The fourth-order valence-corrected chi connectivity index (χ4v) is 10.5. The molecule has 7 aromatic rings. The van der Waals surface area contributed by atoms with Crippen LogP contribution in [0.4, 0.5) is 46.0 Å². The first kappa shape index (κ1) is 36.2. The molecule has 10 rings (SSSR count). The highest BCUT2D eigenvalue weighted by molar-refractivity contribution is 7.80. The van der Waals surface area contributed by atoms with Crippen molar-refractivity contribution in [3.05, 3.63) is 149 Å². The van der Waals surface area contributed by atoms with Gasteiger partial charge in [0.25, 0.3) is 0 Å². The molecule has 0 amide bonds. The van der Waals surface area contributed by atoms with Crippen LogP contribution in [0.25, 0.3) is 23.2 Å². The molecule has 2 aromatic heterocycles. The summed E-state index contributed by atoms with van der Waals surface area (Å²) in [6.07, 6.45) is 3.89. The van der Waals surface area contributed by atoms with E-state index in [2.05, 4.69) is 163 Å². The lowest BCUT2D eigenvalue weighted by Crippen LogP contribution is -2.62. The third kappa shape index (κ3) is 5.15. The molecule has 3 aliphatic heterocycles. The van der Waals surface area contributed by atoms with Gasteiger partial charge >= 0.3 is 0 Å². The van der Waals surface area contributed by atoms with E-state index in [1.807, 2.05) is 32.1 Å². The van der Waals surface area contributed by atoms with E-state index in [1.54, 1.807) is 0 Å². The molecule has 58 heavy (non-hydrogen) atoms. The molecule has 5 heterocycles. The van der Waals surface area contributed by atoms with Gasteiger partial charge in [0.1, 0.15) is 6.17 Å². The van der Waals surface area contributed by atoms with Crippen LogP contribution in [0.1, 0.15) is 51.3 Å². The summed E-state index contributed by atoms with van der Waals surface area (Å²) in [7, 11) is 0. The van der Waals surface area contributed by atoms with Gasteiger partial charge in [-0.25, -0.2) is 19.9 Å². The minimum absolute atomic E-state index is 0.0410. The van der Waals surface area contributed by atoms with Gasteiger partial charge < -0.3 is 20.0 Å². The summed E-state index contributed by atoms with van der Waals surface area (Å²) in [6, 6.07) is 43.3. The molecule has 0 aliphatic carbocycles. The second kappa shape index (κ2) is 13.5. The van der Waals surface area contributed by atoms with Gasteiger partial charge in [0.2, 0.25) is 0 Å². The number of nitrogens with zero attached hydrogens (tertiary/aromatic N) is 7. The number of benzene rings is 5. The number of hydrogen-bond acceptors (Lipinski definition) is 9. The van der Waals surface area contributed by atoms with Crippen molar-refractivity contribution in [2.45, 2.75) is 58.0 Å². The monoisotopic (exact) mass is 778 g/mol. The summed E-state index contributed by atoms with van der Waals surface area (Å²) < 4.78 is 0. The second-order valence-corrected chi connectivity index (χ2v) is 16.8. The predicted octanol–water partition coefficient (Wildman–Crippen LogP) is 10.1. The Bertz CT molecular complexity index is 2880. The Hall–Kier alpha value is -6.19. The van der Waals surface area contributed by atoms with Gasteiger partial charge in [0.05, 0.1) is 21.7 Å². The molecule has 0 saturated carbocycles. The highest BCUT2D eigenvalue weighted by atomic mass is 32.1. The molecular weight excluding hydrogens is 733 g/mol. The SMILES string of the molecule is C/C=c1/nc2c(n/c1=C/C)N(c1ccccc1)CC(C)(C)C1(c3ccccc3N2)c2ccccc2N2c3nc4cc(C)c(S)cc4nc3N(c3ccccc3)C2C1C. The molecule has 3 atom stereocenters. The van der Waals surface area contributed by atoms with E-state index in [1.165, 1.54) is 11.1 Å². The number of hydrogen-bond donors (Lipinski definition) is 2. The van der Waals surface area contributed by atoms with Gasteiger partial charge in [-0.3, -0.25) is 0 Å². The molecule has 1 N–H and O–H groups in total. The number of thiol groups is 1. The van der Waals surface area contributed by atoms with Crippen molar-refractivity contribution in [3.63, 3.8) is 0 Å². The van der Waals surface area contributed by atoms with Crippen LogP contribution in [0, 0.1) is 18.3 Å². The van der Waals surface area contributed by atoms with Gasteiger partial charge in [0, 0.05) is 45.5 Å². The molecule has 5 aromatic carbocycles. The lowest BCUT2D eigenvalue weighted by molar-refractivity contribution is 0.120. The van der Waals surface area contributed by atoms with Crippen molar-refractivity contribution >= 4 is 81.8 Å². The predicted molar refractivity (Wildman–Crippen MR) is 241 cm³/mol. The second-order valence-electron chi connectivity index (χ2n) is 16.3. The number of rotatable bonds is 2. The van der Waals surface area contributed by atoms with Crippen molar-refractivity contribution < 1.29 is 0 Å². The molecule has 8 nitrogen and oxygen atoms in total. The highest BCUT2D eigenvalue weighted by Gasteiger charge is 2.63. The molecule has 288 valence electrons. The first-order valence-corrected chi connectivity index (χ1v) is 20.5. The van der Waals surface area contributed by atoms with Gasteiger partial charge in [-0.1, -0.05) is 106 Å². The minimum Gasteiger partial charge on any atom is -0.337 e. The van der Waals surface area contributed by atoms with Crippen molar-refractivity contribution in [1.82, 2.24) is 19.9 Å². The Kier molecular flexibility index (Phi) is 8.39. The molecular formula is C49H46N8S. The number of aryl methyl sites for hydroxylation is 1. The maximum Gasteiger partial charge on any atom is 0.179 e. The van der Waals surface area contributed by atoms with E-state index in [-0.39, 0.29) is 12.1 Å². The summed E-state index contributed by atoms with van der Waals surface area (Å²) >= 11 is 4.80. The van der Waals surface area contributed by atoms with E-state index in [0.717, 1.165) is 78.2 Å². The van der Waals surface area contributed by atoms with Crippen molar-refractivity contribution in [2.75, 3.05) is 26.6 Å². The minimum atomic E-state index is -0.591. The molecule has 9 heteroatoms. The Morgan fingerprint density at radius 1 is 0.672 bits per heavy atom. The van der Waals surface area contributed by atoms with Crippen LogP contribution in [0.5, 0.6) is 0 Å². The van der Waals surface area contributed by atoms with Crippen LogP contribution >= 0.6 is 12.6 Å². The molecule has 0 saturated heterocycles. The van der Waals surface area contributed by atoms with Crippen LogP contribution in [0.3, 0.4) is 0 Å². The molecule has 0 fully saturated rings. The Morgan fingerprint density at radius 2 is 1.26 bits per heavy atom. The molecule has 3 unspecified atom stereocenters. The van der Waals surface area contributed by atoms with E-state index in [0.29, 0.717) is 6.54 Å². The normalized spacial score (nSPS) is 21.1. The topological polar surface area (TPSA) is 73.3 Å². The smallest absolute Gasteiger partial charge is 0.179 e. The number of aromatic nitrogens is 4. The number of para-hydroxylation sites is 4. The van der Waals surface area contributed by atoms with Gasteiger partial charge in [0.15, 0.2) is 23.3 Å². The Balaban J connectivity index is 1.30. The summed E-state index contributed by atoms with van der Waals surface area (Å²) in [4.78, 5) is 29.8. The third-order valence-corrected chi connectivity index (χ3v) is 13.2. The van der Waals surface area contributed by atoms with Gasteiger partial charge in [-0.15, -0.1) is 12.6 Å². The van der Waals surface area contributed by atoms with Crippen LogP contribution < -0.4 is 30.7 Å². The molecule has 0 radical (unpaired) electrons. The summed E-state index contributed by atoms with van der Waals surface area (Å²) in [5.74, 6) is 3.17. The maximum absolute atomic E-state index is 5.47. The van der Waals surface area contributed by atoms with Crippen LogP contribution in [0.15, 0.2) is 126 Å². The van der Waals surface area contributed by atoms with E-state index < -0.39 is 10.8 Å². The number of fused-ring (bicyclic) bond motifs is 10. The quantitative estimate of drug-likeness (QED) is 0.168. The number of anilines is 8. The Morgan fingerprint density at radius 3 is 1.97 bits per heavy atom. The summed E-state index contributed by atoms with van der Waals surface area (Å²) in [6.45, 7) is 14.1. The maximum atomic E-state index is 5.47. The first-order valence-electron chi connectivity index (χ1n) is 20.1. The van der Waals surface area contributed by atoms with E-state index in [9.17, 15) is 0 Å². The zero-order chi connectivity index (χ0) is 39.9. The van der Waals surface area contributed by atoms with Crippen LogP contribution in [-0.2, 0) is 5.41 Å². The van der Waals surface area contributed by atoms with E-state index >= 15 is 0 Å². The lowest BCUT2D eigenvalue weighted by Gasteiger charge is -2.59.